The third-order valence-corrected chi connectivity index (χ3v) is 6.23. The van der Waals surface area contributed by atoms with Crippen LogP contribution in [0.2, 0.25) is 5.02 Å². The Morgan fingerprint density at radius 2 is 2.00 bits per heavy atom. The first-order valence-corrected chi connectivity index (χ1v) is 9.42. The topological polar surface area (TPSA) is 113 Å². The summed E-state index contributed by atoms with van der Waals surface area (Å²) in [6, 6.07) is 2.57. The molecule has 10 heteroatoms. The van der Waals surface area contributed by atoms with Crippen LogP contribution in [0.5, 0.6) is 0 Å². The number of esters is 1. The molecule has 1 aromatic rings. The van der Waals surface area contributed by atoms with E-state index in [1.54, 1.807) is 0 Å². The highest BCUT2D eigenvalue weighted by Crippen LogP contribution is 2.28. The zero-order valence-electron chi connectivity index (χ0n) is 13.6. The minimum atomic E-state index is -3.80. The number of hydrogen-bond donors (Lipinski definition) is 2. The van der Waals surface area contributed by atoms with Crippen LogP contribution in [-0.2, 0) is 19.6 Å². The number of ether oxygens (including phenoxy) is 1. The Labute approximate surface area is 150 Å². The molecule has 1 fully saturated rings. The highest BCUT2D eigenvalue weighted by Gasteiger charge is 2.30. The number of halogens is 1. The normalized spacial score (nSPS) is 16.4. The third kappa shape index (κ3) is 4.30. The Kier molecular flexibility index (Phi) is 6.39. The Morgan fingerprint density at radius 1 is 1.36 bits per heavy atom. The number of nitrogens with one attached hydrogen (secondary N) is 1. The van der Waals surface area contributed by atoms with E-state index in [4.69, 9.17) is 16.7 Å². The lowest BCUT2D eigenvalue weighted by Gasteiger charge is -2.18. The van der Waals surface area contributed by atoms with E-state index in [0.717, 1.165) is 26.0 Å². The molecule has 138 valence electrons. The Balaban J connectivity index is 2.29. The quantitative estimate of drug-likeness (QED) is 0.679. The van der Waals surface area contributed by atoms with Gasteiger partial charge >= 0.3 is 5.97 Å². The van der Waals surface area contributed by atoms with E-state index in [0.29, 0.717) is 13.1 Å². The number of methoxy groups -OCH3 is 1. The van der Waals surface area contributed by atoms with Gasteiger partial charge in [0.2, 0.25) is 10.0 Å². The summed E-state index contributed by atoms with van der Waals surface area (Å²) in [5.74, 6) is -1.53. The summed E-state index contributed by atoms with van der Waals surface area (Å²) < 4.78 is 31.1. The van der Waals surface area contributed by atoms with Gasteiger partial charge in [-0.2, -0.15) is 4.31 Å². The molecular weight excluding hydrogens is 372 g/mol. The van der Waals surface area contributed by atoms with Crippen LogP contribution in [0, 0.1) is 0 Å². The van der Waals surface area contributed by atoms with Gasteiger partial charge in [-0.15, -0.1) is 0 Å². The van der Waals surface area contributed by atoms with Gasteiger partial charge in [0.25, 0.3) is 5.91 Å². The standard InChI is InChI=1S/C15H19ClN2O6S/c1-24-15(21)12(9-19)17-14(20)10-4-5-11(16)13(8-10)25(22,23)18-6-2-3-7-18/h4-5,8,12,19H,2-3,6-7,9H2,1H3,(H,17,20)/t12-/m1/s1. The number of aliphatic hydroxyl groups is 1. The van der Waals surface area contributed by atoms with E-state index in [1.807, 2.05) is 0 Å². The second-order valence-electron chi connectivity index (χ2n) is 5.49. The molecular formula is C15H19ClN2O6S. The lowest BCUT2D eigenvalue weighted by atomic mass is 10.2. The van der Waals surface area contributed by atoms with Crippen LogP contribution in [0.15, 0.2) is 23.1 Å². The van der Waals surface area contributed by atoms with E-state index in [1.165, 1.54) is 16.4 Å². The molecule has 1 amide bonds. The van der Waals surface area contributed by atoms with Crippen LogP contribution in [0.1, 0.15) is 23.2 Å². The maximum absolute atomic E-state index is 12.7. The molecule has 0 spiro atoms. The molecule has 1 aromatic carbocycles. The first kappa shape index (κ1) is 19.6. The SMILES string of the molecule is COC(=O)[C@@H](CO)NC(=O)c1ccc(Cl)c(S(=O)(=O)N2CCCC2)c1. The lowest BCUT2D eigenvalue weighted by Crippen LogP contribution is -2.44. The number of hydrogen-bond acceptors (Lipinski definition) is 6. The number of aliphatic hydroxyl groups excluding tert-OH is 1. The summed E-state index contributed by atoms with van der Waals surface area (Å²) in [4.78, 5) is 23.5. The first-order valence-electron chi connectivity index (χ1n) is 7.60. The summed E-state index contributed by atoms with van der Waals surface area (Å²) >= 11 is 6.02. The first-order chi connectivity index (χ1) is 11.8. The van der Waals surface area contributed by atoms with Crippen LogP contribution < -0.4 is 5.32 Å². The van der Waals surface area contributed by atoms with Gasteiger partial charge in [0.05, 0.1) is 18.7 Å². The number of carbonyl (C=O) groups is 2. The second kappa shape index (κ2) is 8.13. The van der Waals surface area contributed by atoms with E-state index >= 15 is 0 Å². The van der Waals surface area contributed by atoms with E-state index in [9.17, 15) is 18.0 Å². The van der Waals surface area contributed by atoms with Crippen LogP contribution >= 0.6 is 11.6 Å². The van der Waals surface area contributed by atoms with Gasteiger partial charge in [0.1, 0.15) is 4.90 Å². The molecule has 0 saturated carbocycles. The molecule has 0 unspecified atom stereocenters. The molecule has 0 aromatic heterocycles. The van der Waals surface area contributed by atoms with Crippen molar-refractivity contribution in [3.63, 3.8) is 0 Å². The Bertz CT molecular complexity index is 761. The average Bonchev–Trinajstić information content (AvgIpc) is 3.14. The minimum Gasteiger partial charge on any atom is -0.467 e. The van der Waals surface area contributed by atoms with E-state index < -0.39 is 34.5 Å². The highest BCUT2D eigenvalue weighted by atomic mass is 35.5. The van der Waals surface area contributed by atoms with Gasteiger partial charge in [-0.3, -0.25) is 4.79 Å². The van der Waals surface area contributed by atoms with Gasteiger partial charge in [0.15, 0.2) is 6.04 Å². The van der Waals surface area contributed by atoms with Crippen molar-refractivity contribution >= 4 is 33.5 Å². The molecule has 0 bridgehead atoms. The number of rotatable bonds is 6. The van der Waals surface area contributed by atoms with Gasteiger partial charge in [-0.05, 0) is 31.0 Å². The van der Waals surface area contributed by atoms with Crippen molar-refractivity contribution in [3.05, 3.63) is 28.8 Å². The molecule has 0 aliphatic carbocycles. The van der Waals surface area contributed by atoms with E-state index in [-0.39, 0.29) is 15.5 Å². The van der Waals surface area contributed by atoms with Crippen LogP contribution in [0.25, 0.3) is 0 Å². The predicted octanol–water partition coefficient (Wildman–Crippen LogP) is 0.388. The van der Waals surface area contributed by atoms with Crippen LogP contribution in [0.4, 0.5) is 0 Å². The average molecular weight is 391 g/mol. The van der Waals surface area contributed by atoms with Crippen molar-refractivity contribution in [2.75, 3.05) is 26.8 Å². The molecule has 25 heavy (non-hydrogen) atoms. The van der Waals surface area contributed by atoms with Crippen molar-refractivity contribution in [2.24, 2.45) is 0 Å². The van der Waals surface area contributed by atoms with Gasteiger partial charge < -0.3 is 15.2 Å². The molecule has 1 aliphatic heterocycles. The van der Waals surface area contributed by atoms with Crippen molar-refractivity contribution in [1.82, 2.24) is 9.62 Å². The molecule has 1 saturated heterocycles. The molecule has 2 N–H and O–H groups in total. The zero-order chi connectivity index (χ0) is 18.6. The number of benzene rings is 1. The number of nitrogens with zero attached hydrogens (tertiary/aromatic N) is 1. The lowest BCUT2D eigenvalue weighted by molar-refractivity contribution is -0.143. The Morgan fingerprint density at radius 3 is 2.56 bits per heavy atom. The smallest absolute Gasteiger partial charge is 0.330 e. The highest BCUT2D eigenvalue weighted by molar-refractivity contribution is 7.89. The summed E-state index contributed by atoms with van der Waals surface area (Å²) in [7, 11) is -2.67. The Hall–Kier alpha value is -1.68. The maximum atomic E-state index is 12.7. The summed E-state index contributed by atoms with van der Waals surface area (Å²) in [6.45, 7) is 0.166. The predicted molar refractivity (Wildman–Crippen MR) is 89.8 cm³/mol. The number of carbonyl (C=O) groups excluding carboxylic acids is 2. The van der Waals surface area contributed by atoms with Gasteiger partial charge in [0, 0.05) is 18.7 Å². The molecule has 2 rings (SSSR count). The van der Waals surface area contributed by atoms with Crippen LogP contribution in [0.3, 0.4) is 0 Å². The molecule has 1 heterocycles. The molecule has 1 aliphatic rings. The fourth-order valence-electron chi connectivity index (χ4n) is 2.47. The zero-order valence-corrected chi connectivity index (χ0v) is 15.1. The van der Waals surface area contributed by atoms with Crippen molar-refractivity contribution in [3.8, 4) is 0 Å². The van der Waals surface area contributed by atoms with Crippen molar-refractivity contribution in [2.45, 2.75) is 23.8 Å². The number of amides is 1. The van der Waals surface area contributed by atoms with Gasteiger partial charge in [-0.25, -0.2) is 13.2 Å². The second-order valence-corrected chi connectivity index (χ2v) is 7.80. The van der Waals surface area contributed by atoms with Crippen molar-refractivity contribution in [1.29, 1.82) is 0 Å². The van der Waals surface area contributed by atoms with Crippen LogP contribution in [-0.4, -0.2) is 62.6 Å². The fourth-order valence-corrected chi connectivity index (χ4v) is 4.49. The largest absolute Gasteiger partial charge is 0.467 e. The summed E-state index contributed by atoms with van der Waals surface area (Å²) in [5, 5.41) is 11.5. The summed E-state index contributed by atoms with van der Waals surface area (Å²) in [5.41, 5.74) is 0.00419. The van der Waals surface area contributed by atoms with Gasteiger partial charge in [-0.1, -0.05) is 11.6 Å². The molecule has 1 atom stereocenters. The monoisotopic (exact) mass is 390 g/mol. The molecule has 0 radical (unpaired) electrons. The fraction of sp³-hybridized carbons (Fsp3) is 0.467. The summed E-state index contributed by atoms with van der Waals surface area (Å²) in [6.07, 6.45) is 1.54. The van der Waals surface area contributed by atoms with Crippen molar-refractivity contribution < 1.29 is 27.9 Å². The third-order valence-electron chi connectivity index (χ3n) is 3.85. The minimum absolute atomic E-state index is 0.00419. The maximum Gasteiger partial charge on any atom is 0.330 e. The number of sulfonamides is 1. The molecule has 8 nitrogen and oxygen atoms in total. The van der Waals surface area contributed by atoms with E-state index in [2.05, 4.69) is 10.1 Å².